The van der Waals surface area contributed by atoms with E-state index in [0.29, 0.717) is 18.5 Å². The van der Waals surface area contributed by atoms with Gasteiger partial charge in [0.2, 0.25) is 0 Å². The molecule has 7 nitrogen and oxygen atoms in total. The van der Waals surface area contributed by atoms with Gasteiger partial charge in [0.15, 0.2) is 0 Å². The molecule has 1 aliphatic rings. The number of aliphatic hydroxyl groups is 1. The summed E-state index contributed by atoms with van der Waals surface area (Å²) in [5.74, 6) is 0.646. The summed E-state index contributed by atoms with van der Waals surface area (Å²) in [7, 11) is 0. The fourth-order valence-electron chi connectivity index (χ4n) is 2.96. The molecule has 21 heavy (non-hydrogen) atoms. The van der Waals surface area contributed by atoms with E-state index in [-0.39, 0.29) is 12.2 Å². The van der Waals surface area contributed by atoms with Crippen molar-refractivity contribution in [1.29, 1.82) is 0 Å². The Hall–Kier alpha value is -1.47. The maximum absolute atomic E-state index is 10.6. The predicted molar refractivity (Wildman–Crippen MR) is 78.9 cm³/mol. The number of hydrogen-bond donors (Lipinski definition) is 1. The fraction of sp³-hybridized carbons (Fsp3) is 0.786. The lowest BCUT2D eigenvalue weighted by atomic mass is 10.1. The van der Waals surface area contributed by atoms with Crippen molar-refractivity contribution in [2.75, 3.05) is 13.1 Å². The number of likely N-dealkylation sites (tertiary alicyclic amines) is 1. The minimum Gasteiger partial charge on any atom is -0.390 e. The first-order chi connectivity index (χ1) is 9.95. The number of rotatable bonds is 5. The monoisotopic (exact) mass is 296 g/mol. The maximum Gasteiger partial charge on any atom is 0.306 e. The Bertz CT molecular complexity index is 477. The highest BCUT2D eigenvalue weighted by atomic mass is 16.6. The highest BCUT2D eigenvalue weighted by Crippen LogP contribution is 2.21. The lowest BCUT2D eigenvalue weighted by molar-refractivity contribution is -0.385. The summed E-state index contributed by atoms with van der Waals surface area (Å²) in [4.78, 5) is 12.5. The van der Waals surface area contributed by atoms with E-state index in [2.05, 4.69) is 23.8 Å². The standard InChI is InChI=1S/C14H24N4O3/c1-11-4-3-5-12(2)16(7-11)9-14(19)10-17-8-13(6-15-17)18(20)21/h6,8,11-12,14,19H,3-5,7,9-10H2,1-2H3. The van der Waals surface area contributed by atoms with E-state index in [1.54, 1.807) is 0 Å². The summed E-state index contributed by atoms with van der Waals surface area (Å²) in [5, 5.41) is 24.8. The SMILES string of the molecule is CC1CCCC(C)N(CC(O)Cn2cc([N+](=O)[O-])cn2)C1. The van der Waals surface area contributed by atoms with Gasteiger partial charge in [-0.2, -0.15) is 5.10 Å². The van der Waals surface area contributed by atoms with Gasteiger partial charge in [0.05, 0.1) is 17.6 Å². The molecule has 1 aromatic heterocycles. The molecule has 0 amide bonds. The summed E-state index contributed by atoms with van der Waals surface area (Å²) in [5.41, 5.74) is -0.0426. The van der Waals surface area contributed by atoms with E-state index in [0.717, 1.165) is 13.0 Å². The van der Waals surface area contributed by atoms with Crippen molar-refractivity contribution in [2.45, 2.75) is 51.8 Å². The molecule has 1 fully saturated rings. The molecule has 2 heterocycles. The van der Waals surface area contributed by atoms with Crippen LogP contribution in [0.2, 0.25) is 0 Å². The van der Waals surface area contributed by atoms with Crippen molar-refractivity contribution in [3.05, 3.63) is 22.5 Å². The van der Waals surface area contributed by atoms with Gasteiger partial charge in [-0.05, 0) is 25.7 Å². The lowest BCUT2D eigenvalue weighted by Crippen LogP contribution is -2.41. The van der Waals surface area contributed by atoms with Crippen molar-refractivity contribution >= 4 is 5.69 Å². The third-order valence-electron chi connectivity index (χ3n) is 4.16. The summed E-state index contributed by atoms with van der Waals surface area (Å²) >= 11 is 0. The Morgan fingerprint density at radius 3 is 2.90 bits per heavy atom. The Labute approximate surface area is 124 Å². The third-order valence-corrected chi connectivity index (χ3v) is 4.16. The first-order valence-electron chi connectivity index (χ1n) is 7.54. The average Bonchev–Trinajstić information content (AvgIpc) is 2.80. The van der Waals surface area contributed by atoms with Crippen molar-refractivity contribution in [1.82, 2.24) is 14.7 Å². The second-order valence-electron chi connectivity index (χ2n) is 6.17. The highest BCUT2D eigenvalue weighted by Gasteiger charge is 2.23. The van der Waals surface area contributed by atoms with Gasteiger partial charge in [-0.1, -0.05) is 13.3 Å². The fourth-order valence-corrected chi connectivity index (χ4v) is 2.96. The highest BCUT2D eigenvalue weighted by molar-refractivity contribution is 5.20. The molecule has 0 aromatic carbocycles. The molecule has 0 bridgehead atoms. The molecule has 0 spiro atoms. The second kappa shape index (κ2) is 7.00. The molecule has 118 valence electrons. The average molecular weight is 296 g/mol. The Balaban J connectivity index is 1.90. The minimum absolute atomic E-state index is 0.0426. The van der Waals surface area contributed by atoms with Gasteiger partial charge in [0.1, 0.15) is 12.4 Å². The van der Waals surface area contributed by atoms with Crippen LogP contribution < -0.4 is 0 Å². The Morgan fingerprint density at radius 2 is 2.24 bits per heavy atom. The first-order valence-corrected chi connectivity index (χ1v) is 7.54. The Morgan fingerprint density at radius 1 is 1.48 bits per heavy atom. The quantitative estimate of drug-likeness (QED) is 0.660. The molecule has 3 atom stereocenters. The zero-order chi connectivity index (χ0) is 15.4. The molecule has 0 saturated carbocycles. The summed E-state index contributed by atoms with van der Waals surface area (Å²) in [6.45, 7) is 6.31. The summed E-state index contributed by atoms with van der Waals surface area (Å²) in [6, 6.07) is 0.469. The molecule has 0 aliphatic carbocycles. The van der Waals surface area contributed by atoms with Crippen LogP contribution in [0.15, 0.2) is 12.4 Å². The van der Waals surface area contributed by atoms with Crippen LogP contribution in [0.3, 0.4) is 0 Å². The lowest BCUT2D eigenvalue weighted by Gasteiger charge is -2.30. The number of nitro groups is 1. The van der Waals surface area contributed by atoms with Gasteiger partial charge >= 0.3 is 5.69 Å². The van der Waals surface area contributed by atoms with Crippen LogP contribution in [0.4, 0.5) is 5.69 Å². The van der Waals surface area contributed by atoms with Crippen LogP contribution >= 0.6 is 0 Å². The van der Waals surface area contributed by atoms with Gasteiger partial charge in [0, 0.05) is 19.1 Å². The molecule has 1 saturated heterocycles. The topological polar surface area (TPSA) is 84.4 Å². The first kappa shape index (κ1) is 15.9. The zero-order valence-corrected chi connectivity index (χ0v) is 12.7. The van der Waals surface area contributed by atoms with Crippen LogP contribution in [0.1, 0.15) is 33.1 Å². The third kappa shape index (κ3) is 4.50. The molecule has 1 N–H and O–H groups in total. The van der Waals surface area contributed by atoms with Crippen LogP contribution in [-0.2, 0) is 6.54 Å². The number of β-amino-alcohol motifs (C(OH)–C–C–N with tert-alkyl or cyclic N) is 1. The number of aromatic nitrogens is 2. The molecule has 1 aromatic rings. The number of aliphatic hydroxyl groups excluding tert-OH is 1. The van der Waals surface area contributed by atoms with Gasteiger partial charge in [-0.25, -0.2) is 0 Å². The van der Waals surface area contributed by atoms with E-state index in [9.17, 15) is 15.2 Å². The normalized spacial score (nSPS) is 25.5. The summed E-state index contributed by atoms with van der Waals surface area (Å²) < 4.78 is 1.44. The van der Waals surface area contributed by atoms with Crippen molar-refractivity contribution < 1.29 is 10.0 Å². The van der Waals surface area contributed by atoms with E-state index < -0.39 is 11.0 Å². The van der Waals surface area contributed by atoms with Crippen molar-refractivity contribution in [3.8, 4) is 0 Å². The molecule has 2 rings (SSSR count). The molecule has 7 heteroatoms. The molecular formula is C14H24N4O3. The minimum atomic E-state index is -0.572. The van der Waals surface area contributed by atoms with Crippen LogP contribution in [-0.4, -0.2) is 49.9 Å². The zero-order valence-electron chi connectivity index (χ0n) is 12.7. The van der Waals surface area contributed by atoms with E-state index in [1.165, 1.54) is 29.9 Å². The van der Waals surface area contributed by atoms with E-state index >= 15 is 0 Å². The molecule has 0 radical (unpaired) electrons. The van der Waals surface area contributed by atoms with Gasteiger partial charge in [0.25, 0.3) is 0 Å². The van der Waals surface area contributed by atoms with E-state index in [4.69, 9.17) is 0 Å². The van der Waals surface area contributed by atoms with E-state index in [1.807, 2.05) is 0 Å². The predicted octanol–water partition coefficient (Wildman–Crippen LogP) is 1.66. The van der Waals surface area contributed by atoms with Crippen LogP contribution in [0.25, 0.3) is 0 Å². The number of hydrogen-bond acceptors (Lipinski definition) is 5. The summed E-state index contributed by atoms with van der Waals surface area (Å²) in [6.07, 6.45) is 5.63. The molecule has 1 aliphatic heterocycles. The molecular weight excluding hydrogens is 272 g/mol. The second-order valence-corrected chi connectivity index (χ2v) is 6.17. The maximum atomic E-state index is 10.6. The Kier molecular flexibility index (Phi) is 5.30. The van der Waals surface area contributed by atoms with Crippen LogP contribution in [0, 0.1) is 16.0 Å². The van der Waals surface area contributed by atoms with Gasteiger partial charge in [-0.15, -0.1) is 0 Å². The van der Waals surface area contributed by atoms with Gasteiger partial charge in [-0.3, -0.25) is 19.7 Å². The largest absolute Gasteiger partial charge is 0.390 e. The van der Waals surface area contributed by atoms with Crippen molar-refractivity contribution in [2.24, 2.45) is 5.92 Å². The van der Waals surface area contributed by atoms with Crippen LogP contribution in [0.5, 0.6) is 0 Å². The van der Waals surface area contributed by atoms with Crippen molar-refractivity contribution in [3.63, 3.8) is 0 Å². The van der Waals surface area contributed by atoms with Gasteiger partial charge < -0.3 is 5.11 Å². The smallest absolute Gasteiger partial charge is 0.306 e. The number of nitrogens with zero attached hydrogens (tertiary/aromatic N) is 4. The molecule has 3 unspecified atom stereocenters.